The minimum atomic E-state index is -1.16. The Morgan fingerprint density at radius 3 is 2.61 bits per heavy atom. The number of rotatable bonds is 11. The number of phenolic OH excluding ortho intramolecular Hbond substituents is 1. The molecule has 0 radical (unpaired) electrons. The maximum atomic E-state index is 13.8. The van der Waals surface area contributed by atoms with Gasteiger partial charge in [-0.3, -0.25) is 14.4 Å². The number of furan rings is 1. The molecule has 3 aromatic rings. The highest BCUT2D eigenvalue weighted by atomic mass is 32.1. The second-order valence-electron chi connectivity index (χ2n) is 8.46. The quantitative estimate of drug-likeness (QED) is 0.301. The van der Waals surface area contributed by atoms with Crippen LogP contribution in [0.25, 0.3) is 0 Å². The van der Waals surface area contributed by atoms with Gasteiger partial charge in [0.05, 0.1) is 25.6 Å². The number of amides is 3. The fraction of sp³-hybridized carbons (Fsp3) is 0.333. The topological polar surface area (TPSA) is 174 Å². The predicted molar refractivity (Wildman–Crippen MR) is 133 cm³/mol. The second kappa shape index (κ2) is 11.6. The Balaban J connectivity index is 2.11. The number of aromatic nitrogens is 1. The maximum absolute atomic E-state index is 13.8. The molecule has 0 unspecified atom stereocenters. The van der Waals surface area contributed by atoms with Crippen LogP contribution >= 0.6 is 11.5 Å². The van der Waals surface area contributed by atoms with E-state index < -0.39 is 23.8 Å². The van der Waals surface area contributed by atoms with Gasteiger partial charge in [0, 0.05) is 6.54 Å². The Hall–Kier alpha value is -4.06. The number of aromatic hydroxyl groups is 1. The van der Waals surface area contributed by atoms with Crippen molar-refractivity contribution in [3.05, 3.63) is 58.5 Å². The van der Waals surface area contributed by atoms with E-state index in [0.717, 1.165) is 6.42 Å². The van der Waals surface area contributed by atoms with Crippen molar-refractivity contribution in [2.75, 3.05) is 19.4 Å². The third kappa shape index (κ3) is 5.95. The summed E-state index contributed by atoms with van der Waals surface area (Å²) in [6, 6.07) is 6.54. The monoisotopic (exact) mass is 515 g/mol. The van der Waals surface area contributed by atoms with Gasteiger partial charge in [-0.15, -0.1) is 0 Å². The molecule has 0 spiro atoms. The lowest BCUT2D eigenvalue weighted by Crippen LogP contribution is -2.43. The first-order valence-electron chi connectivity index (χ1n) is 11.2. The zero-order chi connectivity index (χ0) is 26.4. The van der Waals surface area contributed by atoms with Crippen LogP contribution in [0.2, 0.25) is 0 Å². The molecule has 3 rings (SSSR count). The van der Waals surface area contributed by atoms with Gasteiger partial charge >= 0.3 is 0 Å². The van der Waals surface area contributed by atoms with Crippen molar-refractivity contribution in [2.24, 2.45) is 11.7 Å². The molecule has 1 aromatic carbocycles. The first kappa shape index (κ1) is 26.5. The summed E-state index contributed by atoms with van der Waals surface area (Å²) >= 11 is 0.716. The SMILES string of the molecule is COc1cc([C@@H](C(=O)NCCC(C)C)N(Cc2ccco2)C(=O)c2snc(C(N)=O)c2N)ccc1O. The highest BCUT2D eigenvalue weighted by Crippen LogP contribution is 2.34. The van der Waals surface area contributed by atoms with Crippen LogP contribution in [0.15, 0.2) is 41.0 Å². The number of primary amides is 1. The first-order valence-corrected chi connectivity index (χ1v) is 11.9. The number of ether oxygens (including phenoxy) is 1. The highest BCUT2D eigenvalue weighted by Gasteiger charge is 2.35. The Morgan fingerprint density at radius 2 is 2.03 bits per heavy atom. The van der Waals surface area contributed by atoms with E-state index in [1.165, 1.54) is 36.5 Å². The summed E-state index contributed by atoms with van der Waals surface area (Å²) in [5.74, 6) is -1.21. The molecule has 2 heterocycles. The highest BCUT2D eigenvalue weighted by molar-refractivity contribution is 7.09. The summed E-state index contributed by atoms with van der Waals surface area (Å²) in [6.45, 7) is 4.36. The third-order valence-corrected chi connectivity index (χ3v) is 6.27. The van der Waals surface area contributed by atoms with Gasteiger partial charge in [-0.1, -0.05) is 19.9 Å². The Labute approximate surface area is 212 Å². The summed E-state index contributed by atoms with van der Waals surface area (Å²) in [5.41, 5.74) is 11.4. The zero-order valence-corrected chi connectivity index (χ0v) is 21.0. The van der Waals surface area contributed by atoms with Crippen molar-refractivity contribution in [1.82, 2.24) is 14.6 Å². The van der Waals surface area contributed by atoms with Gasteiger partial charge < -0.3 is 35.9 Å². The van der Waals surface area contributed by atoms with Crippen LogP contribution in [0.1, 0.15) is 57.8 Å². The molecule has 36 heavy (non-hydrogen) atoms. The number of methoxy groups -OCH3 is 1. The molecule has 0 saturated carbocycles. The van der Waals surface area contributed by atoms with Gasteiger partial charge in [-0.05, 0) is 53.7 Å². The number of hydrogen-bond donors (Lipinski definition) is 4. The molecule has 0 aliphatic rings. The third-order valence-electron chi connectivity index (χ3n) is 5.42. The van der Waals surface area contributed by atoms with E-state index in [1.807, 2.05) is 13.8 Å². The summed E-state index contributed by atoms with van der Waals surface area (Å²) in [7, 11) is 1.38. The summed E-state index contributed by atoms with van der Waals surface area (Å²) in [4.78, 5) is 40.3. The predicted octanol–water partition coefficient (Wildman–Crippen LogP) is 2.68. The molecular weight excluding hydrogens is 486 g/mol. The summed E-state index contributed by atoms with van der Waals surface area (Å²) in [5, 5.41) is 13.0. The maximum Gasteiger partial charge on any atom is 0.270 e. The Morgan fingerprint density at radius 1 is 1.28 bits per heavy atom. The van der Waals surface area contributed by atoms with Crippen LogP contribution in [0, 0.1) is 5.92 Å². The Kier molecular flexibility index (Phi) is 8.54. The minimum absolute atomic E-state index is 0.0407. The number of hydrogen-bond acceptors (Lipinski definition) is 9. The largest absolute Gasteiger partial charge is 0.504 e. The number of nitrogens with zero attached hydrogens (tertiary/aromatic N) is 2. The van der Waals surface area contributed by atoms with Crippen LogP contribution in [-0.2, 0) is 11.3 Å². The lowest BCUT2D eigenvalue weighted by atomic mass is 10.0. The molecule has 2 aromatic heterocycles. The number of nitrogens with one attached hydrogen (secondary N) is 1. The zero-order valence-electron chi connectivity index (χ0n) is 20.2. The molecule has 0 bridgehead atoms. The van der Waals surface area contributed by atoms with E-state index in [9.17, 15) is 19.5 Å². The van der Waals surface area contributed by atoms with Crippen LogP contribution in [0.3, 0.4) is 0 Å². The van der Waals surface area contributed by atoms with E-state index in [0.29, 0.717) is 35.3 Å². The van der Waals surface area contributed by atoms with Gasteiger partial charge in [-0.2, -0.15) is 4.37 Å². The van der Waals surface area contributed by atoms with Crippen LogP contribution in [-0.4, -0.2) is 45.8 Å². The first-order chi connectivity index (χ1) is 17.1. The number of benzene rings is 1. The van der Waals surface area contributed by atoms with Crippen LogP contribution in [0.4, 0.5) is 5.69 Å². The Bertz CT molecular complexity index is 1220. The van der Waals surface area contributed by atoms with E-state index in [1.54, 1.807) is 12.1 Å². The van der Waals surface area contributed by atoms with E-state index in [-0.39, 0.29) is 34.3 Å². The molecular formula is C24H29N5O6S. The summed E-state index contributed by atoms with van der Waals surface area (Å²) < 4.78 is 14.6. The average molecular weight is 516 g/mol. The number of anilines is 1. The van der Waals surface area contributed by atoms with Crippen molar-refractivity contribution in [2.45, 2.75) is 32.9 Å². The second-order valence-corrected chi connectivity index (χ2v) is 9.23. The molecule has 1 atom stereocenters. The fourth-order valence-corrected chi connectivity index (χ4v) is 4.29. The lowest BCUT2D eigenvalue weighted by Gasteiger charge is -2.31. The molecule has 6 N–H and O–H groups in total. The fourth-order valence-electron chi connectivity index (χ4n) is 3.53. The molecule has 12 heteroatoms. The summed E-state index contributed by atoms with van der Waals surface area (Å²) in [6.07, 6.45) is 2.18. The molecule has 11 nitrogen and oxygen atoms in total. The minimum Gasteiger partial charge on any atom is -0.504 e. The number of carbonyl (C=O) groups is 3. The normalized spacial score (nSPS) is 11.8. The molecule has 0 aliphatic carbocycles. The number of phenols is 1. The van der Waals surface area contributed by atoms with Gasteiger partial charge in [-0.25, -0.2) is 0 Å². The van der Waals surface area contributed by atoms with E-state index >= 15 is 0 Å². The smallest absolute Gasteiger partial charge is 0.270 e. The molecule has 0 saturated heterocycles. The van der Waals surface area contributed by atoms with Gasteiger partial charge in [0.2, 0.25) is 5.91 Å². The van der Waals surface area contributed by atoms with E-state index in [2.05, 4.69) is 9.69 Å². The standard InChI is InChI=1S/C24H29N5O6S/c1-13(2)8-9-27-23(32)20(14-6-7-16(30)17(11-14)34-3)29(12-15-5-4-10-35-15)24(33)21-18(25)19(22(26)31)28-36-21/h4-7,10-11,13,20,30H,8-9,12,25H2,1-3H3,(H2,26,31)(H,27,32)/t20-/m0/s1. The molecule has 0 aliphatic heterocycles. The average Bonchev–Trinajstić information content (AvgIpc) is 3.48. The van der Waals surface area contributed by atoms with Crippen molar-refractivity contribution in [1.29, 1.82) is 0 Å². The van der Waals surface area contributed by atoms with Crippen molar-refractivity contribution < 1.29 is 28.6 Å². The molecule has 3 amide bonds. The van der Waals surface area contributed by atoms with Gasteiger partial charge in [0.15, 0.2) is 17.2 Å². The van der Waals surface area contributed by atoms with Gasteiger partial charge in [0.1, 0.15) is 16.7 Å². The van der Waals surface area contributed by atoms with Crippen molar-refractivity contribution in [3.63, 3.8) is 0 Å². The van der Waals surface area contributed by atoms with Gasteiger partial charge in [0.25, 0.3) is 11.8 Å². The molecule has 192 valence electrons. The van der Waals surface area contributed by atoms with Crippen LogP contribution < -0.4 is 21.5 Å². The number of nitrogens with two attached hydrogens (primary N) is 2. The number of carbonyl (C=O) groups excluding carboxylic acids is 3. The van der Waals surface area contributed by atoms with Crippen molar-refractivity contribution >= 4 is 34.9 Å². The molecule has 0 fully saturated rings. The van der Waals surface area contributed by atoms with Crippen LogP contribution in [0.5, 0.6) is 11.5 Å². The lowest BCUT2D eigenvalue weighted by molar-refractivity contribution is -0.126. The van der Waals surface area contributed by atoms with E-state index in [4.69, 9.17) is 20.6 Å². The van der Waals surface area contributed by atoms with Crippen molar-refractivity contribution in [3.8, 4) is 11.5 Å². The number of nitrogen functional groups attached to an aromatic ring is 1.